The van der Waals surface area contributed by atoms with Gasteiger partial charge < -0.3 is 10.4 Å². The number of nitrogens with zero attached hydrogens (tertiary/aromatic N) is 2. The van der Waals surface area contributed by atoms with Crippen molar-refractivity contribution in [3.05, 3.63) is 34.3 Å². The summed E-state index contributed by atoms with van der Waals surface area (Å²) >= 11 is 3.27. The zero-order valence-electron chi connectivity index (χ0n) is 6.55. The van der Waals surface area contributed by atoms with Gasteiger partial charge in [0.15, 0.2) is 0 Å². The fourth-order valence-electron chi connectivity index (χ4n) is 0.833. The van der Waals surface area contributed by atoms with Crippen LogP contribution in [0, 0.1) is 0 Å². The SMILES string of the molecule is ON=CC(=NO)c1ccc(Br)cc1. The number of rotatable bonds is 2. The predicted octanol–water partition coefficient (Wildman–Crippen LogP) is 2.09. The Labute approximate surface area is 83.3 Å². The van der Waals surface area contributed by atoms with E-state index >= 15 is 0 Å². The Morgan fingerprint density at radius 1 is 1.23 bits per heavy atom. The summed E-state index contributed by atoms with van der Waals surface area (Å²) in [6, 6.07) is 7.07. The first-order valence-electron chi connectivity index (χ1n) is 3.43. The number of hydrogen-bond donors (Lipinski definition) is 2. The molecular weight excluding hydrogens is 236 g/mol. The number of halogens is 1. The highest BCUT2D eigenvalue weighted by atomic mass is 79.9. The maximum atomic E-state index is 8.55. The molecule has 0 radical (unpaired) electrons. The molecule has 1 aromatic rings. The minimum absolute atomic E-state index is 0.204. The fraction of sp³-hybridized carbons (Fsp3) is 0. The molecule has 0 heterocycles. The minimum atomic E-state index is 0.204. The Hall–Kier alpha value is -1.36. The van der Waals surface area contributed by atoms with Crippen LogP contribution in [0.1, 0.15) is 5.56 Å². The third-order valence-electron chi connectivity index (χ3n) is 1.43. The van der Waals surface area contributed by atoms with Gasteiger partial charge in [-0.3, -0.25) is 0 Å². The second-order valence-corrected chi connectivity index (χ2v) is 3.15. The monoisotopic (exact) mass is 242 g/mol. The molecule has 0 unspecified atom stereocenters. The number of hydrogen-bond acceptors (Lipinski definition) is 4. The average Bonchev–Trinajstić information content (AvgIpc) is 2.16. The van der Waals surface area contributed by atoms with Crippen LogP contribution in [0.5, 0.6) is 0 Å². The van der Waals surface area contributed by atoms with E-state index < -0.39 is 0 Å². The van der Waals surface area contributed by atoms with Crippen LogP contribution in [0.2, 0.25) is 0 Å². The minimum Gasteiger partial charge on any atom is -0.411 e. The van der Waals surface area contributed by atoms with E-state index in [1.807, 2.05) is 0 Å². The molecule has 0 aliphatic rings. The molecule has 0 fully saturated rings. The first-order chi connectivity index (χ1) is 6.27. The van der Waals surface area contributed by atoms with E-state index in [0.29, 0.717) is 5.56 Å². The third kappa shape index (κ3) is 2.55. The fourth-order valence-corrected chi connectivity index (χ4v) is 1.10. The highest BCUT2D eigenvalue weighted by Crippen LogP contribution is 2.10. The molecule has 0 aromatic heterocycles. The van der Waals surface area contributed by atoms with Crippen LogP contribution in [0.15, 0.2) is 39.0 Å². The van der Waals surface area contributed by atoms with Gasteiger partial charge in [0.05, 0.1) is 6.21 Å². The largest absolute Gasteiger partial charge is 0.411 e. The lowest BCUT2D eigenvalue weighted by molar-refractivity contribution is 0.316. The van der Waals surface area contributed by atoms with Crippen molar-refractivity contribution in [2.45, 2.75) is 0 Å². The Balaban J connectivity index is 3.00. The molecule has 13 heavy (non-hydrogen) atoms. The molecule has 0 saturated heterocycles. The zero-order valence-corrected chi connectivity index (χ0v) is 8.14. The smallest absolute Gasteiger partial charge is 0.131 e. The van der Waals surface area contributed by atoms with Gasteiger partial charge in [-0.2, -0.15) is 0 Å². The molecule has 0 aliphatic carbocycles. The predicted molar refractivity (Wildman–Crippen MR) is 52.7 cm³/mol. The highest BCUT2D eigenvalue weighted by molar-refractivity contribution is 9.10. The summed E-state index contributed by atoms with van der Waals surface area (Å²) in [7, 11) is 0. The molecule has 1 aromatic carbocycles. The van der Waals surface area contributed by atoms with Gasteiger partial charge in [0.2, 0.25) is 0 Å². The Morgan fingerprint density at radius 2 is 1.85 bits per heavy atom. The molecule has 1 rings (SSSR count). The van der Waals surface area contributed by atoms with Gasteiger partial charge in [-0.1, -0.05) is 38.4 Å². The van der Waals surface area contributed by atoms with E-state index in [0.717, 1.165) is 10.7 Å². The van der Waals surface area contributed by atoms with Gasteiger partial charge in [-0.05, 0) is 12.1 Å². The highest BCUT2D eigenvalue weighted by Gasteiger charge is 2.00. The summed E-state index contributed by atoms with van der Waals surface area (Å²) in [5, 5.41) is 22.6. The lowest BCUT2D eigenvalue weighted by atomic mass is 10.1. The molecule has 0 atom stereocenters. The first-order valence-corrected chi connectivity index (χ1v) is 4.22. The first kappa shape index (κ1) is 9.73. The summed E-state index contributed by atoms with van der Waals surface area (Å²) in [5.41, 5.74) is 0.874. The summed E-state index contributed by atoms with van der Waals surface area (Å²) < 4.78 is 0.925. The summed E-state index contributed by atoms with van der Waals surface area (Å²) in [6.45, 7) is 0. The van der Waals surface area contributed by atoms with Crippen molar-refractivity contribution in [3.63, 3.8) is 0 Å². The van der Waals surface area contributed by atoms with Crippen molar-refractivity contribution < 1.29 is 10.4 Å². The maximum Gasteiger partial charge on any atom is 0.131 e. The number of oxime groups is 2. The van der Waals surface area contributed by atoms with Crippen molar-refractivity contribution in [2.75, 3.05) is 0 Å². The van der Waals surface area contributed by atoms with Gasteiger partial charge in [-0.15, -0.1) is 0 Å². The van der Waals surface area contributed by atoms with Crippen LogP contribution in [0.25, 0.3) is 0 Å². The summed E-state index contributed by atoms with van der Waals surface area (Å²) in [6.07, 6.45) is 1.06. The van der Waals surface area contributed by atoms with Crippen molar-refractivity contribution in [1.29, 1.82) is 0 Å². The molecule has 0 aliphatic heterocycles. The Morgan fingerprint density at radius 3 is 2.31 bits per heavy atom. The number of benzene rings is 1. The quantitative estimate of drug-likeness (QED) is 0.474. The molecule has 0 bridgehead atoms. The van der Waals surface area contributed by atoms with Gasteiger partial charge in [0.25, 0.3) is 0 Å². The van der Waals surface area contributed by atoms with Crippen molar-refractivity contribution in [3.8, 4) is 0 Å². The van der Waals surface area contributed by atoms with Crippen molar-refractivity contribution in [2.24, 2.45) is 10.3 Å². The van der Waals surface area contributed by atoms with Crippen LogP contribution in [0.4, 0.5) is 0 Å². The molecular formula is C8H7BrN2O2. The standard InChI is InChI=1S/C8H7BrN2O2/c9-7-3-1-6(2-4-7)8(11-13)5-10-12/h1-5,12-13H. The molecule has 4 nitrogen and oxygen atoms in total. The summed E-state index contributed by atoms with van der Waals surface area (Å²) in [5.74, 6) is 0. The average molecular weight is 243 g/mol. The van der Waals surface area contributed by atoms with Crippen LogP contribution in [-0.2, 0) is 0 Å². The van der Waals surface area contributed by atoms with Crippen LogP contribution >= 0.6 is 15.9 Å². The van der Waals surface area contributed by atoms with Gasteiger partial charge in [-0.25, -0.2) is 0 Å². The zero-order chi connectivity index (χ0) is 9.68. The topological polar surface area (TPSA) is 65.2 Å². The normalized spacial score (nSPS) is 12.2. The maximum absolute atomic E-state index is 8.55. The van der Waals surface area contributed by atoms with Crippen molar-refractivity contribution >= 4 is 27.9 Å². The van der Waals surface area contributed by atoms with E-state index in [4.69, 9.17) is 10.4 Å². The lowest BCUT2D eigenvalue weighted by Crippen LogP contribution is -2.01. The van der Waals surface area contributed by atoms with Crippen LogP contribution in [0.3, 0.4) is 0 Å². The van der Waals surface area contributed by atoms with Gasteiger partial charge >= 0.3 is 0 Å². The van der Waals surface area contributed by atoms with E-state index in [-0.39, 0.29) is 5.71 Å². The van der Waals surface area contributed by atoms with Crippen LogP contribution in [-0.4, -0.2) is 22.3 Å². The van der Waals surface area contributed by atoms with E-state index in [1.165, 1.54) is 0 Å². The van der Waals surface area contributed by atoms with Crippen LogP contribution < -0.4 is 0 Å². The molecule has 0 saturated carbocycles. The lowest BCUT2D eigenvalue weighted by Gasteiger charge is -1.97. The Bertz CT molecular complexity index is 333. The van der Waals surface area contributed by atoms with Gasteiger partial charge in [0.1, 0.15) is 5.71 Å². The van der Waals surface area contributed by atoms with E-state index in [2.05, 4.69) is 26.2 Å². The Kier molecular flexibility index (Phi) is 3.45. The van der Waals surface area contributed by atoms with Gasteiger partial charge in [0, 0.05) is 10.0 Å². The molecule has 68 valence electrons. The summed E-state index contributed by atoms with van der Waals surface area (Å²) in [4.78, 5) is 0. The van der Waals surface area contributed by atoms with E-state index in [9.17, 15) is 0 Å². The molecule has 5 heteroatoms. The second-order valence-electron chi connectivity index (χ2n) is 2.24. The third-order valence-corrected chi connectivity index (χ3v) is 1.96. The molecule has 0 spiro atoms. The second kappa shape index (κ2) is 4.61. The molecule has 0 amide bonds. The van der Waals surface area contributed by atoms with Crippen molar-refractivity contribution in [1.82, 2.24) is 0 Å². The van der Waals surface area contributed by atoms with E-state index in [1.54, 1.807) is 24.3 Å². The molecule has 2 N–H and O–H groups in total.